The van der Waals surface area contributed by atoms with Crippen LogP contribution in [0.4, 0.5) is 0 Å². The molecule has 0 aliphatic heterocycles. The van der Waals surface area contributed by atoms with Crippen LogP contribution < -0.4 is 9.47 Å². The molecular weight excluding hydrogens is 254 g/mol. The molecule has 4 nitrogen and oxygen atoms in total. The fourth-order valence-electron chi connectivity index (χ4n) is 1.65. The van der Waals surface area contributed by atoms with Gasteiger partial charge in [0.05, 0.1) is 23.8 Å². The number of rotatable bonds is 4. The van der Waals surface area contributed by atoms with Crippen molar-refractivity contribution < 1.29 is 14.3 Å². The first-order chi connectivity index (χ1) is 9.74. The van der Waals surface area contributed by atoms with E-state index in [4.69, 9.17) is 14.7 Å². The Kier molecular flexibility index (Phi) is 4.35. The molecule has 0 bridgehead atoms. The standard InChI is InChI=1S/C16H13NO3/c1-2-19-14-5-3-4-6-15(14)20-16(18)13-9-7-12(11-17)8-10-13/h3-10H,2H2,1H3. The Balaban J connectivity index is 2.17. The maximum atomic E-state index is 12.0. The Bertz CT molecular complexity index is 642. The zero-order chi connectivity index (χ0) is 14.4. The zero-order valence-electron chi connectivity index (χ0n) is 11.0. The second-order valence-corrected chi connectivity index (χ2v) is 3.96. The predicted octanol–water partition coefficient (Wildman–Crippen LogP) is 3.18. The summed E-state index contributed by atoms with van der Waals surface area (Å²) in [5.74, 6) is 0.419. The molecule has 0 fully saturated rings. The summed E-state index contributed by atoms with van der Waals surface area (Å²) in [7, 11) is 0. The maximum Gasteiger partial charge on any atom is 0.343 e. The van der Waals surface area contributed by atoms with E-state index in [-0.39, 0.29) is 0 Å². The molecule has 0 aliphatic carbocycles. The first kappa shape index (κ1) is 13.6. The summed E-state index contributed by atoms with van der Waals surface area (Å²) in [6.45, 7) is 2.35. The maximum absolute atomic E-state index is 12.0. The largest absolute Gasteiger partial charge is 0.490 e. The Morgan fingerprint density at radius 2 is 1.75 bits per heavy atom. The molecule has 0 N–H and O–H groups in total. The topological polar surface area (TPSA) is 59.3 Å². The van der Waals surface area contributed by atoms with Gasteiger partial charge in [-0.15, -0.1) is 0 Å². The molecule has 0 atom stereocenters. The number of carbonyl (C=O) groups excluding carboxylic acids is 1. The summed E-state index contributed by atoms with van der Waals surface area (Å²) in [6.07, 6.45) is 0. The third-order valence-electron chi connectivity index (χ3n) is 2.60. The van der Waals surface area contributed by atoms with Crippen molar-refractivity contribution in [1.29, 1.82) is 5.26 Å². The van der Waals surface area contributed by atoms with Gasteiger partial charge in [0.25, 0.3) is 0 Å². The van der Waals surface area contributed by atoms with Crippen molar-refractivity contribution in [3.05, 3.63) is 59.7 Å². The summed E-state index contributed by atoms with van der Waals surface area (Å²) < 4.78 is 10.7. The van der Waals surface area contributed by atoms with Gasteiger partial charge in [-0.05, 0) is 43.3 Å². The van der Waals surface area contributed by atoms with Crippen molar-refractivity contribution in [3.8, 4) is 17.6 Å². The monoisotopic (exact) mass is 267 g/mol. The zero-order valence-corrected chi connectivity index (χ0v) is 11.0. The molecule has 2 rings (SSSR count). The van der Waals surface area contributed by atoms with Crippen molar-refractivity contribution in [2.45, 2.75) is 6.92 Å². The minimum absolute atomic E-state index is 0.378. The molecule has 0 aliphatic rings. The lowest BCUT2D eigenvalue weighted by molar-refractivity contribution is 0.0728. The molecular formula is C16H13NO3. The number of hydrogen-bond acceptors (Lipinski definition) is 4. The molecule has 20 heavy (non-hydrogen) atoms. The molecule has 0 saturated carbocycles. The van der Waals surface area contributed by atoms with E-state index in [0.717, 1.165) is 0 Å². The number of nitriles is 1. The summed E-state index contributed by atoms with van der Waals surface area (Å²) in [6, 6.07) is 15.3. The number of benzene rings is 2. The summed E-state index contributed by atoms with van der Waals surface area (Å²) >= 11 is 0. The van der Waals surface area contributed by atoms with Crippen LogP contribution in [0.2, 0.25) is 0 Å². The number of hydrogen-bond donors (Lipinski definition) is 0. The lowest BCUT2D eigenvalue weighted by Crippen LogP contribution is -2.09. The molecule has 2 aromatic carbocycles. The third kappa shape index (κ3) is 3.15. The quantitative estimate of drug-likeness (QED) is 0.630. The SMILES string of the molecule is CCOc1ccccc1OC(=O)c1ccc(C#N)cc1. The average molecular weight is 267 g/mol. The van der Waals surface area contributed by atoms with Gasteiger partial charge >= 0.3 is 5.97 Å². The van der Waals surface area contributed by atoms with Gasteiger partial charge in [-0.1, -0.05) is 12.1 Å². The van der Waals surface area contributed by atoms with Crippen LogP contribution in [-0.4, -0.2) is 12.6 Å². The van der Waals surface area contributed by atoms with Gasteiger partial charge < -0.3 is 9.47 Å². The van der Waals surface area contributed by atoms with Gasteiger partial charge in [-0.25, -0.2) is 4.79 Å². The Hall–Kier alpha value is -2.80. The van der Waals surface area contributed by atoms with Crippen LogP contribution in [-0.2, 0) is 0 Å². The highest BCUT2D eigenvalue weighted by Gasteiger charge is 2.11. The summed E-state index contributed by atoms with van der Waals surface area (Å²) in [5.41, 5.74) is 0.881. The average Bonchev–Trinajstić information content (AvgIpc) is 2.49. The number of esters is 1. The van der Waals surface area contributed by atoms with Crippen LogP contribution >= 0.6 is 0 Å². The van der Waals surface area contributed by atoms with E-state index in [9.17, 15) is 4.79 Å². The minimum atomic E-state index is -0.485. The molecule has 100 valence electrons. The fraction of sp³-hybridized carbons (Fsp3) is 0.125. The Morgan fingerprint density at radius 1 is 1.10 bits per heavy atom. The highest BCUT2D eigenvalue weighted by atomic mass is 16.6. The highest BCUT2D eigenvalue weighted by Crippen LogP contribution is 2.27. The first-order valence-corrected chi connectivity index (χ1v) is 6.18. The van der Waals surface area contributed by atoms with E-state index in [1.165, 1.54) is 0 Å². The first-order valence-electron chi connectivity index (χ1n) is 6.18. The van der Waals surface area contributed by atoms with Gasteiger partial charge in [-0.3, -0.25) is 0 Å². The number of nitrogens with zero attached hydrogens (tertiary/aromatic N) is 1. The molecule has 0 heterocycles. The van der Waals surface area contributed by atoms with Crippen LogP contribution in [0, 0.1) is 11.3 Å². The minimum Gasteiger partial charge on any atom is -0.490 e. The van der Waals surface area contributed by atoms with Gasteiger partial charge in [-0.2, -0.15) is 5.26 Å². The molecule has 4 heteroatoms. The molecule has 0 aromatic heterocycles. The van der Waals surface area contributed by atoms with E-state index in [1.807, 2.05) is 19.1 Å². The van der Waals surface area contributed by atoms with Gasteiger partial charge in [0.2, 0.25) is 0 Å². The lowest BCUT2D eigenvalue weighted by Gasteiger charge is -2.10. The predicted molar refractivity (Wildman–Crippen MR) is 73.7 cm³/mol. The van der Waals surface area contributed by atoms with Crippen molar-refractivity contribution in [2.24, 2.45) is 0 Å². The summed E-state index contributed by atoms with van der Waals surface area (Å²) in [4.78, 5) is 12.0. The highest BCUT2D eigenvalue weighted by molar-refractivity contribution is 5.91. The lowest BCUT2D eigenvalue weighted by atomic mass is 10.1. The van der Waals surface area contributed by atoms with E-state index in [0.29, 0.717) is 29.2 Å². The van der Waals surface area contributed by atoms with Crippen molar-refractivity contribution in [3.63, 3.8) is 0 Å². The van der Waals surface area contributed by atoms with Gasteiger partial charge in [0, 0.05) is 0 Å². The van der Waals surface area contributed by atoms with Crippen LogP contribution in [0.25, 0.3) is 0 Å². The van der Waals surface area contributed by atoms with E-state index >= 15 is 0 Å². The molecule has 2 aromatic rings. The molecule has 0 amide bonds. The van der Waals surface area contributed by atoms with E-state index in [2.05, 4.69) is 0 Å². The van der Waals surface area contributed by atoms with Crippen LogP contribution in [0.15, 0.2) is 48.5 Å². The van der Waals surface area contributed by atoms with Crippen LogP contribution in [0.1, 0.15) is 22.8 Å². The smallest absolute Gasteiger partial charge is 0.343 e. The summed E-state index contributed by atoms with van der Waals surface area (Å²) in [5, 5.41) is 8.72. The van der Waals surface area contributed by atoms with Gasteiger partial charge in [0.1, 0.15) is 0 Å². The van der Waals surface area contributed by atoms with Crippen molar-refractivity contribution in [2.75, 3.05) is 6.61 Å². The molecule has 0 saturated heterocycles. The van der Waals surface area contributed by atoms with Gasteiger partial charge in [0.15, 0.2) is 11.5 Å². The number of para-hydroxylation sites is 2. The van der Waals surface area contributed by atoms with Crippen molar-refractivity contribution >= 4 is 5.97 Å². The second kappa shape index (κ2) is 6.39. The second-order valence-electron chi connectivity index (χ2n) is 3.96. The Morgan fingerprint density at radius 3 is 2.35 bits per heavy atom. The van der Waals surface area contributed by atoms with Crippen LogP contribution in [0.3, 0.4) is 0 Å². The van der Waals surface area contributed by atoms with Crippen molar-refractivity contribution in [1.82, 2.24) is 0 Å². The van der Waals surface area contributed by atoms with Crippen LogP contribution in [0.5, 0.6) is 11.5 Å². The molecule has 0 spiro atoms. The fourth-order valence-corrected chi connectivity index (χ4v) is 1.65. The van der Waals surface area contributed by atoms with E-state index in [1.54, 1.807) is 42.5 Å². The Labute approximate surface area is 117 Å². The van der Waals surface area contributed by atoms with E-state index < -0.39 is 5.97 Å². The third-order valence-corrected chi connectivity index (χ3v) is 2.60. The number of ether oxygens (including phenoxy) is 2. The molecule has 0 unspecified atom stereocenters. The molecule has 0 radical (unpaired) electrons. The normalized spacial score (nSPS) is 9.60. The number of carbonyl (C=O) groups is 1.